The molecule has 10 aromatic rings. The van der Waals surface area contributed by atoms with Gasteiger partial charge in [-0.25, -0.2) is 0 Å². The average molecular weight is 807 g/mol. The molecule has 0 spiro atoms. The summed E-state index contributed by atoms with van der Waals surface area (Å²) < 4.78 is 4.96. The van der Waals surface area contributed by atoms with Gasteiger partial charge in [-0.1, -0.05) is 119 Å². The van der Waals surface area contributed by atoms with Gasteiger partial charge in [-0.2, -0.15) is 0 Å². The van der Waals surface area contributed by atoms with Gasteiger partial charge in [-0.15, -0.1) is 0 Å². The Kier molecular flexibility index (Phi) is 7.96. The molecule has 308 valence electrons. The predicted molar refractivity (Wildman–Crippen MR) is 269 cm³/mol. The molecule has 1 aliphatic carbocycles. The van der Waals surface area contributed by atoms with Crippen molar-refractivity contribution in [2.75, 3.05) is 0 Å². The van der Waals surface area contributed by atoms with Crippen molar-refractivity contribution < 1.29 is 0 Å². The second kappa shape index (κ2) is 12.7. The van der Waals surface area contributed by atoms with E-state index in [9.17, 15) is 0 Å². The summed E-state index contributed by atoms with van der Waals surface area (Å²) in [6.07, 6.45) is 0. The number of fused-ring (bicyclic) bond motifs is 12. The minimum absolute atomic E-state index is 0.0657. The molecule has 0 amide bonds. The quantitative estimate of drug-likeness (QED) is 0.165. The van der Waals surface area contributed by atoms with E-state index in [-0.39, 0.29) is 21.7 Å². The minimum Gasteiger partial charge on any atom is -0.309 e. The second-order valence-electron chi connectivity index (χ2n) is 22.5. The lowest BCUT2D eigenvalue weighted by atomic mass is 9.78. The summed E-state index contributed by atoms with van der Waals surface area (Å²) in [6.45, 7) is 27.7. The van der Waals surface area contributed by atoms with Gasteiger partial charge in [0.2, 0.25) is 0 Å². The molecule has 0 saturated heterocycles. The zero-order valence-electron chi connectivity index (χ0n) is 38.6. The molecule has 0 bridgehead atoms. The molecule has 0 radical (unpaired) electrons. The molecule has 2 heterocycles. The summed E-state index contributed by atoms with van der Waals surface area (Å²) >= 11 is 0. The van der Waals surface area contributed by atoms with Gasteiger partial charge in [0.25, 0.3) is 0 Å². The third-order valence-corrected chi connectivity index (χ3v) is 14.0. The van der Waals surface area contributed by atoms with E-state index < -0.39 is 0 Å². The number of rotatable bonds is 2. The first-order chi connectivity index (χ1) is 29.2. The molecule has 1 aliphatic rings. The van der Waals surface area contributed by atoms with Gasteiger partial charge in [-0.05, 0) is 185 Å². The molecule has 0 unspecified atom stereocenters. The lowest BCUT2D eigenvalue weighted by molar-refractivity contribution is 0.590. The van der Waals surface area contributed by atoms with Gasteiger partial charge >= 0.3 is 0 Å². The topological polar surface area (TPSA) is 9.86 Å². The number of hydrogen-bond donors (Lipinski definition) is 0. The Balaban J connectivity index is 1.03. The monoisotopic (exact) mass is 806 g/mol. The molecule has 0 saturated carbocycles. The summed E-state index contributed by atoms with van der Waals surface area (Å²) in [6, 6.07) is 52.2. The summed E-state index contributed by atoms with van der Waals surface area (Å²) in [5, 5.41) is 10.4. The first-order valence-electron chi connectivity index (χ1n) is 22.6. The first kappa shape index (κ1) is 38.8. The number of hydrogen-bond acceptors (Lipinski definition) is 0. The molecule has 2 nitrogen and oxygen atoms in total. The molecular weight excluding hydrogens is 749 g/mol. The van der Waals surface area contributed by atoms with Gasteiger partial charge in [0.15, 0.2) is 0 Å². The van der Waals surface area contributed by atoms with Crippen molar-refractivity contribution in [3.63, 3.8) is 0 Å². The van der Waals surface area contributed by atoms with Gasteiger partial charge in [0.05, 0.1) is 22.1 Å². The van der Waals surface area contributed by atoms with E-state index in [4.69, 9.17) is 0 Å². The molecule has 0 N–H and O–H groups in total. The van der Waals surface area contributed by atoms with Crippen LogP contribution in [-0.2, 0) is 21.7 Å². The van der Waals surface area contributed by atoms with Crippen LogP contribution < -0.4 is 0 Å². The smallest absolute Gasteiger partial charge is 0.0541 e. The third kappa shape index (κ3) is 5.89. The van der Waals surface area contributed by atoms with Crippen molar-refractivity contribution >= 4 is 65.2 Å². The SMILES string of the molecule is CC(C)(C)c1ccc2c(c1)c1cc(C(C)(C)C)ccc1n2-c1ccc2cc3c(cc2c1)-c1cc2cc(-n4c5ccc(C(C)(C)C)cc5c5cc(C(C)(C)C)ccc54)ccc2cc1-3. The van der Waals surface area contributed by atoms with Crippen LogP contribution in [0.25, 0.3) is 98.8 Å². The van der Waals surface area contributed by atoms with E-state index in [2.05, 4.69) is 226 Å². The highest BCUT2D eigenvalue weighted by molar-refractivity contribution is 6.14. The molecule has 0 atom stereocenters. The Labute approximate surface area is 366 Å². The van der Waals surface area contributed by atoms with Crippen molar-refractivity contribution in [3.05, 3.63) is 156 Å². The molecular formula is C60H58N2. The van der Waals surface area contributed by atoms with E-state index in [0.717, 1.165) is 0 Å². The molecule has 62 heavy (non-hydrogen) atoms. The number of benzene rings is 8. The fourth-order valence-corrected chi connectivity index (χ4v) is 10.1. The second-order valence-corrected chi connectivity index (χ2v) is 22.5. The average Bonchev–Trinajstić information content (AvgIpc) is 3.72. The van der Waals surface area contributed by atoms with Crippen LogP contribution in [0, 0.1) is 0 Å². The summed E-state index contributed by atoms with van der Waals surface area (Å²) in [7, 11) is 0. The van der Waals surface area contributed by atoms with Crippen LogP contribution in [0.4, 0.5) is 0 Å². The van der Waals surface area contributed by atoms with Gasteiger partial charge < -0.3 is 9.13 Å². The Morgan fingerprint density at radius 1 is 0.258 bits per heavy atom. The van der Waals surface area contributed by atoms with E-state index in [1.54, 1.807) is 0 Å². The first-order valence-corrected chi connectivity index (χ1v) is 22.6. The van der Waals surface area contributed by atoms with Crippen molar-refractivity contribution in [3.8, 4) is 33.6 Å². The van der Waals surface area contributed by atoms with Crippen LogP contribution in [0.2, 0.25) is 0 Å². The minimum atomic E-state index is 0.0657. The summed E-state index contributed by atoms with van der Waals surface area (Å²) in [4.78, 5) is 0. The largest absolute Gasteiger partial charge is 0.309 e. The standard InChI is InChI=1S/C60H58N2/c1-57(2,3)39-15-21-53-49(31-39)50-32-40(58(4,5)6)16-22-54(50)61(53)43-19-13-35-27-45-46-28-36-14-20-44(26-38(36)30-48(46)47(45)29-37(35)25-43)62-55-23-17-41(59(7,8)9)33-51(55)52-34-42(60(10,11)12)18-24-56(52)62/h13-34H,1-12H3. The molecule has 8 aromatic carbocycles. The maximum absolute atomic E-state index is 2.48. The highest BCUT2D eigenvalue weighted by atomic mass is 15.0. The lowest BCUT2D eigenvalue weighted by Gasteiger charge is -2.26. The van der Waals surface area contributed by atoms with Crippen LogP contribution in [0.5, 0.6) is 0 Å². The highest BCUT2D eigenvalue weighted by Gasteiger charge is 2.26. The molecule has 0 fully saturated rings. The van der Waals surface area contributed by atoms with Crippen molar-refractivity contribution in [2.24, 2.45) is 0 Å². The van der Waals surface area contributed by atoms with E-state index in [0.29, 0.717) is 0 Å². The molecule has 2 aromatic heterocycles. The van der Waals surface area contributed by atoms with Crippen molar-refractivity contribution in [2.45, 2.75) is 105 Å². The van der Waals surface area contributed by atoms with E-state index >= 15 is 0 Å². The zero-order chi connectivity index (χ0) is 43.4. The van der Waals surface area contributed by atoms with Crippen LogP contribution >= 0.6 is 0 Å². The maximum atomic E-state index is 2.48. The fourth-order valence-electron chi connectivity index (χ4n) is 10.1. The Morgan fingerprint density at radius 3 is 0.774 bits per heavy atom. The van der Waals surface area contributed by atoms with E-state index in [1.807, 2.05) is 0 Å². The Bertz CT molecular complexity index is 3160. The highest BCUT2D eigenvalue weighted by Crippen LogP contribution is 2.51. The Hall–Kier alpha value is -6.12. The summed E-state index contributed by atoms with van der Waals surface area (Å²) in [5.41, 5.74) is 18.5. The molecule has 11 rings (SSSR count). The van der Waals surface area contributed by atoms with Crippen LogP contribution in [0.15, 0.2) is 133 Å². The van der Waals surface area contributed by atoms with Gasteiger partial charge in [-0.3, -0.25) is 0 Å². The molecule has 0 aliphatic heterocycles. The number of aromatic nitrogens is 2. The van der Waals surface area contributed by atoms with Crippen LogP contribution in [0.1, 0.15) is 105 Å². The third-order valence-electron chi connectivity index (χ3n) is 14.0. The van der Waals surface area contributed by atoms with E-state index in [1.165, 1.54) is 121 Å². The van der Waals surface area contributed by atoms with Crippen molar-refractivity contribution in [1.82, 2.24) is 9.13 Å². The molecule has 2 heteroatoms. The normalized spacial score (nSPS) is 13.5. The number of nitrogens with zero attached hydrogens (tertiary/aromatic N) is 2. The summed E-state index contributed by atoms with van der Waals surface area (Å²) in [5.74, 6) is 0. The predicted octanol–water partition coefficient (Wildman–Crippen LogP) is 17.0. The van der Waals surface area contributed by atoms with Crippen molar-refractivity contribution in [1.29, 1.82) is 0 Å². The van der Waals surface area contributed by atoms with Crippen LogP contribution in [0.3, 0.4) is 0 Å². The fraction of sp³-hybridized carbons (Fsp3) is 0.267. The lowest BCUT2D eigenvalue weighted by Crippen LogP contribution is -2.10. The zero-order valence-corrected chi connectivity index (χ0v) is 38.6. The van der Waals surface area contributed by atoms with Gasteiger partial charge in [0, 0.05) is 32.9 Å². The van der Waals surface area contributed by atoms with Gasteiger partial charge in [0.1, 0.15) is 0 Å². The Morgan fingerprint density at radius 2 is 0.516 bits per heavy atom. The van der Waals surface area contributed by atoms with Crippen LogP contribution in [-0.4, -0.2) is 9.13 Å². The maximum Gasteiger partial charge on any atom is 0.0541 e.